The fourth-order valence-electron chi connectivity index (χ4n) is 1.23. The minimum atomic E-state index is 0.179. The average Bonchev–Trinajstić information content (AvgIpc) is 2.01. The topological polar surface area (TPSA) is 0 Å². The first-order valence-electron chi connectivity index (χ1n) is 4.28. The van der Waals surface area contributed by atoms with Crippen molar-refractivity contribution in [3.05, 3.63) is 46.5 Å². The molecule has 0 aliphatic carbocycles. The van der Waals surface area contributed by atoms with Gasteiger partial charge in [-0.05, 0) is 28.7 Å². The zero-order valence-electron chi connectivity index (χ0n) is 8.32. The van der Waals surface area contributed by atoms with Crippen molar-refractivity contribution in [2.45, 2.75) is 26.2 Å². The molecule has 0 saturated heterocycles. The molecule has 0 N–H and O–H groups in total. The van der Waals surface area contributed by atoms with Gasteiger partial charge in [-0.2, -0.15) is 0 Å². The Balaban J connectivity index is 3.20. The summed E-state index contributed by atoms with van der Waals surface area (Å²) in [5, 5.41) is 0. The smallest absolute Gasteiger partial charge is 0.0218 e. The molecule has 69 valence electrons. The molecule has 0 aliphatic rings. The Morgan fingerprint density at radius 1 is 1.31 bits per heavy atom. The molecule has 1 heteroatoms. The summed E-state index contributed by atoms with van der Waals surface area (Å²) < 4.78 is 1.13. The van der Waals surface area contributed by atoms with E-state index in [9.17, 15) is 0 Å². The molecule has 0 nitrogen and oxygen atoms in total. The zero-order valence-corrected chi connectivity index (χ0v) is 9.90. The summed E-state index contributed by atoms with van der Waals surface area (Å²) in [7, 11) is 0. The largest absolute Gasteiger partial charge is 0.0906 e. The monoisotopic (exact) mass is 237 g/mol. The van der Waals surface area contributed by atoms with Crippen molar-refractivity contribution in [1.82, 2.24) is 0 Å². The van der Waals surface area contributed by atoms with Crippen molar-refractivity contribution < 1.29 is 0 Å². The molecule has 0 amide bonds. The molecule has 13 heavy (non-hydrogen) atoms. The van der Waals surface area contributed by atoms with E-state index < -0.39 is 0 Å². The van der Waals surface area contributed by atoms with E-state index in [0.29, 0.717) is 0 Å². The van der Waals surface area contributed by atoms with Crippen LogP contribution in [0.2, 0.25) is 0 Å². The lowest BCUT2D eigenvalue weighted by atomic mass is 9.87. The molecule has 0 atom stereocenters. The lowest BCUT2D eigenvalue weighted by Crippen LogP contribution is -2.11. The highest BCUT2D eigenvalue weighted by atomic mass is 79.9. The maximum atomic E-state index is 3.62. The maximum Gasteiger partial charge on any atom is 0.0218 e. The van der Waals surface area contributed by atoms with E-state index in [4.69, 9.17) is 0 Å². The first-order valence-corrected chi connectivity index (χ1v) is 5.07. The molecule has 0 aliphatic heterocycles. The lowest BCUT2D eigenvalue weighted by molar-refractivity contribution is 0.587. The lowest BCUT2D eigenvalue weighted by Gasteiger charge is -2.20. The van der Waals surface area contributed by atoms with Crippen LogP contribution in [0.4, 0.5) is 0 Å². The van der Waals surface area contributed by atoms with E-state index in [0.717, 1.165) is 10.0 Å². The predicted octanol–water partition coefficient (Wildman–Crippen LogP) is 4.08. The van der Waals surface area contributed by atoms with Gasteiger partial charge in [-0.1, -0.05) is 55.4 Å². The second-order valence-corrected chi connectivity index (χ2v) is 4.98. The third-order valence-electron chi connectivity index (χ3n) is 1.98. The molecule has 0 heterocycles. The molecule has 0 fully saturated rings. The maximum absolute atomic E-state index is 3.62. The van der Waals surface area contributed by atoms with Gasteiger partial charge in [-0.3, -0.25) is 0 Å². The van der Waals surface area contributed by atoms with Crippen LogP contribution >= 0.6 is 15.9 Å². The van der Waals surface area contributed by atoms with Gasteiger partial charge in [0.25, 0.3) is 0 Å². The molecule has 0 saturated carbocycles. The van der Waals surface area contributed by atoms with E-state index in [2.05, 4.69) is 55.4 Å². The minimum Gasteiger partial charge on any atom is -0.0906 e. The van der Waals surface area contributed by atoms with Crippen molar-refractivity contribution in [1.29, 1.82) is 0 Å². The first-order chi connectivity index (χ1) is 5.95. The molecule has 0 bridgehead atoms. The average molecular weight is 238 g/mol. The second-order valence-electron chi connectivity index (χ2n) is 4.12. The fraction of sp³-hybridized carbons (Fsp3) is 0.333. The van der Waals surface area contributed by atoms with Gasteiger partial charge >= 0.3 is 0 Å². The van der Waals surface area contributed by atoms with E-state index in [1.165, 1.54) is 5.56 Å². The summed E-state index contributed by atoms with van der Waals surface area (Å²) in [4.78, 5) is 0. The van der Waals surface area contributed by atoms with Gasteiger partial charge in [0, 0.05) is 4.47 Å². The zero-order chi connectivity index (χ0) is 10.1. The van der Waals surface area contributed by atoms with Gasteiger partial charge in [0.2, 0.25) is 0 Å². The van der Waals surface area contributed by atoms with Crippen LogP contribution in [0.3, 0.4) is 0 Å². The molecular weight excluding hydrogens is 224 g/mol. The highest BCUT2D eigenvalue weighted by Crippen LogP contribution is 2.30. The number of hydrogen-bond acceptors (Lipinski definition) is 0. The quantitative estimate of drug-likeness (QED) is 0.691. The Hall–Kier alpha value is -0.560. The van der Waals surface area contributed by atoms with Crippen LogP contribution in [0.1, 0.15) is 31.9 Å². The number of benzene rings is 1. The van der Waals surface area contributed by atoms with Crippen molar-refractivity contribution >= 4 is 15.9 Å². The third-order valence-corrected chi connectivity index (χ3v) is 2.64. The SMILES string of the molecule is C=[C]c1ccc(C(C)(C)C)c(Br)c1. The van der Waals surface area contributed by atoms with Gasteiger partial charge < -0.3 is 0 Å². The standard InChI is InChI=1S/C12H14Br/c1-5-9-6-7-10(11(13)8-9)12(2,3)4/h6-8H,1H2,2-4H3. The summed E-state index contributed by atoms with van der Waals surface area (Å²) in [6.07, 6.45) is 2.87. The highest BCUT2D eigenvalue weighted by Gasteiger charge is 2.16. The molecule has 1 radical (unpaired) electrons. The summed E-state index contributed by atoms with van der Waals surface area (Å²) in [5.41, 5.74) is 2.52. The van der Waals surface area contributed by atoms with Crippen LogP contribution in [0.15, 0.2) is 29.3 Å². The number of hydrogen-bond donors (Lipinski definition) is 0. The molecule has 1 aromatic rings. The minimum absolute atomic E-state index is 0.179. The predicted molar refractivity (Wildman–Crippen MR) is 60.8 cm³/mol. The van der Waals surface area contributed by atoms with Crippen molar-refractivity contribution in [3.63, 3.8) is 0 Å². The number of halogens is 1. The van der Waals surface area contributed by atoms with E-state index in [-0.39, 0.29) is 5.41 Å². The van der Waals surface area contributed by atoms with Crippen molar-refractivity contribution in [3.8, 4) is 0 Å². The van der Waals surface area contributed by atoms with Crippen LogP contribution in [0.25, 0.3) is 0 Å². The van der Waals surface area contributed by atoms with Gasteiger partial charge in [0.05, 0.1) is 0 Å². The number of rotatable bonds is 1. The Bertz CT molecular complexity index is 318. The molecule has 1 aromatic carbocycles. The van der Waals surface area contributed by atoms with Crippen LogP contribution < -0.4 is 0 Å². The first kappa shape index (κ1) is 10.5. The van der Waals surface area contributed by atoms with E-state index in [1.54, 1.807) is 0 Å². The Morgan fingerprint density at radius 3 is 2.31 bits per heavy atom. The van der Waals surface area contributed by atoms with Gasteiger partial charge in [0.15, 0.2) is 0 Å². The normalized spacial score (nSPS) is 11.4. The summed E-state index contributed by atoms with van der Waals surface area (Å²) in [6, 6.07) is 6.21. The van der Waals surface area contributed by atoms with Gasteiger partial charge in [0.1, 0.15) is 0 Å². The van der Waals surface area contributed by atoms with Gasteiger partial charge in [-0.15, -0.1) is 0 Å². The van der Waals surface area contributed by atoms with Crippen molar-refractivity contribution in [2.75, 3.05) is 0 Å². The van der Waals surface area contributed by atoms with Crippen LogP contribution in [-0.2, 0) is 5.41 Å². The second kappa shape index (κ2) is 3.67. The van der Waals surface area contributed by atoms with E-state index >= 15 is 0 Å². The summed E-state index contributed by atoms with van der Waals surface area (Å²) >= 11 is 3.56. The third kappa shape index (κ3) is 2.44. The molecular formula is C12H14Br. The van der Waals surface area contributed by atoms with Gasteiger partial charge in [-0.25, -0.2) is 0 Å². The Morgan fingerprint density at radius 2 is 1.92 bits per heavy atom. The van der Waals surface area contributed by atoms with Crippen LogP contribution in [0, 0.1) is 6.08 Å². The van der Waals surface area contributed by atoms with Crippen molar-refractivity contribution in [2.24, 2.45) is 0 Å². The fourth-order valence-corrected chi connectivity index (χ4v) is 2.21. The Kier molecular flexibility index (Phi) is 2.97. The Labute approximate surface area is 88.8 Å². The summed E-state index contributed by atoms with van der Waals surface area (Å²) in [6.45, 7) is 10.2. The van der Waals surface area contributed by atoms with Crippen LogP contribution in [0.5, 0.6) is 0 Å². The molecule has 1 rings (SSSR count). The molecule has 0 unspecified atom stereocenters. The van der Waals surface area contributed by atoms with E-state index in [1.807, 2.05) is 12.1 Å². The van der Waals surface area contributed by atoms with Crippen LogP contribution in [-0.4, -0.2) is 0 Å². The molecule has 0 spiro atoms. The molecule has 0 aromatic heterocycles. The highest BCUT2D eigenvalue weighted by molar-refractivity contribution is 9.10. The summed E-state index contributed by atoms with van der Waals surface area (Å²) in [5.74, 6) is 0.